The maximum absolute atomic E-state index is 12.8. The Balaban J connectivity index is 1.78. The Morgan fingerprint density at radius 2 is 2.00 bits per heavy atom. The number of ether oxygens (including phenoxy) is 2. The molecule has 0 spiro atoms. The maximum atomic E-state index is 12.8. The van der Waals surface area contributed by atoms with E-state index < -0.39 is 72.9 Å². The standard InChI is InChI=1S/C21H25N3O9/c1-12(26)9-14(18(28)29)33-21(31)10-16(32-15(21)11-25)24-8-7-20(22,23-19(24)30)17(27)13-5-3-2-4-6-13/h2-8,14-16,25,31H,9-11,22H2,1H3,(H,23,30)(H,28,29)/t14?,15-,16-,20?,21-/m1/s1. The number of nitrogens with two attached hydrogens (primary N) is 1. The van der Waals surface area contributed by atoms with E-state index in [0.29, 0.717) is 0 Å². The summed E-state index contributed by atoms with van der Waals surface area (Å²) in [5.74, 6) is -4.82. The number of carboxylic acids is 1. The minimum atomic E-state index is -2.30. The molecule has 0 aromatic heterocycles. The molecule has 3 rings (SSSR count). The third-order valence-electron chi connectivity index (χ3n) is 5.32. The number of aliphatic hydroxyl groups excluding tert-OH is 1. The highest BCUT2D eigenvalue weighted by atomic mass is 16.7. The number of nitrogens with zero attached hydrogens (tertiary/aromatic N) is 1. The lowest BCUT2D eigenvalue weighted by Crippen LogP contribution is -2.65. The van der Waals surface area contributed by atoms with Gasteiger partial charge in [0.15, 0.2) is 17.6 Å². The molecule has 6 N–H and O–H groups in total. The third kappa shape index (κ3) is 5.10. The van der Waals surface area contributed by atoms with Gasteiger partial charge >= 0.3 is 12.0 Å². The number of carbonyl (C=O) groups excluding carboxylic acids is 3. The molecule has 178 valence electrons. The first kappa shape index (κ1) is 24.5. The van der Waals surface area contributed by atoms with Gasteiger partial charge in [-0.25, -0.2) is 9.59 Å². The van der Waals surface area contributed by atoms with E-state index in [2.05, 4.69) is 5.32 Å². The summed E-state index contributed by atoms with van der Waals surface area (Å²) in [5.41, 5.74) is 4.55. The minimum absolute atomic E-state index is 0.281. The van der Waals surface area contributed by atoms with Crippen LogP contribution in [-0.4, -0.2) is 80.3 Å². The van der Waals surface area contributed by atoms with Crippen LogP contribution < -0.4 is 11.1 Å². The number of amides is 2. The second kappa shape index (κ2) is 9.37. The number of Topliss-reactive ketones (excluding diaryl/α,β-unsaturated/α-hetero) is 2. The molecule has 1 aromatic rings. The SMILES string of the molecule is CC(=O)CC(O[C@]1(O)C[C@H](N2C=CC(N)(C(=O)c3ccccc3)NC2=O)O[C@@H]1CO)C(=O)O. The Hall–Kier alpha value is -3.16. The van der Waals surface area contributed by atoms with Gasteiger partial charge in [0, 0.05) is 24.6 Å². The zero-order valence-corrected chi connectivity index (χ0v) is 17.7. The van der Waals surface area contributed by atoms with Crippen molar-refractivity contribution in [3.63, 3.8) is 0 Å². The van der Waals surface area contributed by atoms with Gasteiger partial charge in [0.25, 0.3) is 0 Å². The molecule has 12 heteroatoms. The van der Waals surface area contributed by atoms with Crippen molar-refractivity contribution < 1.29 is 44.0 Å². The molecular weight excluding hydrogens is 438 g/mol. The van der Waals surface area contributed by atoms with Crippen molar-refractivity contribution in [3.05, 3.63) is 48.2 Å². The number of benzene rings is 1. The second-order valence-corrected chi connectivity index (χ2v) is 7.88. The molecule has 1 aromatic carbocycles. The average molecular weight is 463 g/mol. The normalized spacial score (nSPS) is 30.1. The fourth-order valence-electron chi connectivity index (χ4n) is 3.62. The van der Waals surface area contributed by atoms with Gasteiger partial charge in [-0.2, -0.15) is 0 Å². The van der Waals surface area contributed by atoms with Crippen LogP contribution in [0.2, 0.25) is 0 Å². The lowest BCUT2D eigenvalue weighted by atomic mass is 9.97. The molecule has 2 amide bonds. The van der Waals surface area contributed by atoms with Crippen LogP contribution in [0.4, 0.5) is 4.79 Å². The van der Waals surface area contributed by atoms with E-state index >= 15 is 0 Å². The van der Waals surface area contributed by atoms with Gasteiger partial charge in [-0.15, -0.1) is 0 Å². The van der Waals surface area contributed by atoms with E-state index in [0.717, 1.165) is 4.90 Å². The Kier molecular flexibility index (Phi) is 6.95. The van der Waals surface area contributed by atoms with Gasteiger partial charge in [0.2, 0.25) is 5.78 Å². The highest BCUT2D eigenvalue weighted by molar-refractivity contribution is 6.06. The Morgan fingerprint density at radius 1 is 1.33 bits per heavy atom. The Bertz CT molecular complexity index is 969. The number of urea groups is 1. The molecule has 1 fully saturated rings. The van der Waals surface area contributed by atoms with Gasteiger partial charge in [-0.05, 0) is 13.0 Å². The van der Waals surface area contributed by atoms with Gasteiger partial charge in [-0.3, -0.25) is 20.2 Å². The van der Waals surface area contributed by atoms with E-state index in [1.165, 1.54) is 19.2 Å². The molecule has 2 aliphatic rings. The molecule has 2 aliphatic heterocycles. The Morgan fingerprint density at radius 3 is 2.55 bits per heavy atom. The van der Waals surface area contributed by atoms with Gasteiger partial charge in [0.1, 0.15) is 18.1 Å². The quantitative estimate of drug-likeness (QED) is 0.231. The summed E-state index contributed by atoms with van der Waals surface area (Å²) in [4.78, 5) is 49.3. The number of rotatable bonds is 9. The average Bonchev–Trinajstić information content (AvgIpc) is 3.08. The van der Waals surface area contributed by atoms with Crippen molar-refractivity contribution in [3.8, 4) is 0 Å². The highest BCUT2D eigenvalue weighted by Gasteiger charge is 2.53. The number of hydrogen-bond acceptors (Lipinski definition) is 9. The third-order valence-corrected chi connectivity index (χ3v) is 5.32. The summed E-state index contributed by atoms with van der Waals surface area (Å²) in [5, 5.41) is 32.2. The van der Waals surface area contributed by atoms with Gasteiger partial charge in [0.05, 0.1) is 6.61 Å². The van der Waals surface area contributed by atoms with Crippen LogP contribution in [0, 0.1) is 0 Å². The van der Waals surface area contributed by atoms with Crippen LogP contribution in [-0.2, 0) is 19.1 Å². The molecule has 0 aliphatic carbocycles. The van der Waals surface area contributed by atoms with Gasteiger partial charge in [-0.1, -0.05) is 30.3 Å². The van der Waals surface area contributed by atoms with Crippen LogP contribution in [0.1, 0.15) is 30.1 Å². The first-order chi connectivity index (χ1) is 15.5. The molecule has 0 saturated carbocycles. The number of hydrogen-bond donors (Lipinski definition) is 5. The summed E-state index contributed by atoms with van der Waals surface area (Å²) in [6, 6.07) is 7.29. The number of carboxylic acid groups (broad SMARTS) is 1. The largest absolute Gasteiger partial charge is 0.479 e. The molecule has 0 radical (unpaired) electrons. The van der Waals surface area contributed by atoms with E-state index in [9.17, 15) is 34.5 Å². The molecule has 2 unspecified atom stereocenters. The van der Waals surface area contributed by atoms with Crippen molar-refractivity contribution in [2.45, 2.75) is 49.7 Å². The highest BCUT2D eigenvalue weighted by Crippen LogP contribution is 2.36. The molecule has 0 bridgehead atoms. The lowest BCUT2D eigenvalue weighted by Gasteiger charge is -2.36. The molecule has 12 nitrogen and oxygen atoms in total. The van der Waals surface area contributed by atoms with Crippen molar-refractivity contribution in [1.82, 2.24) is 10.2 Å². The van der Waals surface area contributed by atoms with E-state index in [1.807, 2.05) is 0 Å². The molecule has 1 saturated heterocycles. The van der Waals surface area contributed by atoms with Crippen LogP contribution in [0.25, 0.3) is 0 Å². The van der Waals surface area contributed by atoms with Crippen molar-refractivity contribution in [2.24, 2.45) is 5.73 Å². The van der Waals surface area contributed by atoms with Crippen LogP contribution in [0.3, 0.4) is 0 Å². The predicted octanol–water partition coefficient (Wildman–Crippen LogP) is -0.692. The van der Waals surface area contributed by atoms with Gasteiger partial charge < -0.3 is 30.1 Å². The zero-order valence-electron chi connectivity index (χ0n) is 17.7. The fourth-order valence-corrected chi connectivity index (χ4v) is 3.62. The van der Waals surface area contributed by atoms with Crippen molar-refractivity contribution in [2.75, 3.05) is 6.61 Å². The summed E-state index contributed by atoms with van der Waals surface area (Å²) in [6.45, 7) is 0.408. The van der Waals surface area contributed by atoms with Crippen LogP contribution in [0.15, 0.2) is 42.6 Å². The van der Waals surface area contributed by atoms with Crippen LogP contribution in [0.5, 0.6) is 0 Å². The van der Waals surface area contributed by atoms with E-state index in [4.69, 9.17) is 15.2 Å². The summed E-state index contributed by atoms with van der Waals surface area (Å²) in [6.07, 6.45) is -2.79. The summed E-state index contributed by atoms with van der Waals surface area (Å²) in [7, 11) is 0. The number of ketones is 2. The first-order valence-electron chi connectivity index (χ1n) is 10.1. The Labute approximate surface area is 188 Å². The summed E-state index contributed by atoms with van der Waals surface area (Å²) < 4.78 is 10.8. The first-order valence-corrected chi connectivity index (χ1v) is 10.1. The molecular formula is C21H25N3O9. The zero-order chi connectivity index (χ0) is 24.4. The second-order valence-electron chi connectivity index (χ2n) is 7.88. The number of nitrogens with one attached hydrogen (secondary N) is 1. The smallest absolute Gasteiger partial charge is 0.333 e. The summed E-state index contributed by atoms with van der Waals surface area (Å²) >= 11 is 0. The van der Waals surface area contributed by atoms with E-state index in [1.54, 1.807) is 30.3 Å². The van der Waals surface area contributed by atoms with Crippen molar-refractivity contribution in [1.29, 1.82) is 0 Å². The van der Waals surface area contributed by atoms with E-state index in [-0.39, 0.29) is 5.56 Å². The molecule has 33 heavy (non-hydrogen) atoms. The number of carbonyl (C=O) groups is 4. The predicted molar refractivity (Wildman–Crippen MR) is 110 cm³/mol. The fraction of sp³-hybridized carbons (Fsp3) is 0.429. The number of aliphatic carboxylic acids is 1. The number of aliphatic hydroxyl groups is 2. The van der Waals surface area contributed by atoms with Crippen LogP contribution >= 0.6 is 0 Å². The topological polar surface area (TPSA) is 189 Å². The molecule has 5 atom stereocenters. The lowest BCUT2D eigenvalue weighted by molar-refractivity contribution is -0.258. The monoisotopic (exact) mass is 463 g/mol. The maximum Gasteiger partial charge on any atom is 0.333 e. The minimum Gasteiger partial charge on any atom is -0.479 e. The molecule has 2 heterocycles. The van der Waals surface area contributed by atoms with Crippen molar-refractivity contribution >= 4 is 23.6 Å².